The Morgan fingerprint density at radius 1 is 0.500 bits per heavy atom. The molecule has 8 aromatic carbocycles. The van der Waals surface area contributed by atoms with Crippen LogP contribution in [-0.4, -0.2) is 0 Å². The van der Waals surface area contributed by atoms with Crippen molar-refractivity contribution in [1.29, 1.82) is 0 Å². The van der Waals surface area contributed by atoms with Gasteiger partial charge in [0.2, 0.25) is 0 Å². The van der Waals surface area contributed by atoms with Gasteiger partial charge < -0.3 is 0 Å². The number of aryl methyl sites for hydroxylation is 1. The van der Waals surface area contributed by atoms with E-state index in [-0.39, 0.29) is 0 Å². The van der Waals surface area contributed by atoms with Crippen molar-refractivity contribution in [2.75, 3.05) is 0 Å². The average Bonchev–Trinajstić information content (AvgIpc) is 3.82. The number of allylic oxidation sites excluding steroid dienone is 1. The van der Waals surface area contributed by atoms with Gasteiger partial charge in [0.25, 0.3) is 0 Å². The van der Waals surface area contributed by atoms with Crippen molar-refractivity contribution in [3.63, 3.8) is 0 Å². The van der Waals surface area contributed by atoms with Crippen LogP contribution in [0.1, 0.15) is 28.5 Å². The van der Waals surface area contributed by atoms with Gasteiger partial charge in [-0.05, 0) is 124 Å². The van der Waals surface area contributed by atoms with Crippen LogP contribution in [-0.2, 0) is 0 Å². The summed E-state index contributed by atoms with van der Waals surface area (Å²) in [6.45, 7) is 8.78. The molecule has 0 fully saturated rings. The monoisotopic (exact) mass is 724 g/mol. The Morgan fingerprint density at radius 2 is 1.00 bits per heavy atom. The van der Waals surface area contributed by atoms with E-state index in [9.17, 15) is 0 Å². The Bertz CT molecular complexity index is 3020. The van der Waals surface area contributed by atoms with Crippen molar-refractivity contribution >= 4 is 87.5 Å². The topological polar surface area (TPSA) is 0 Å². The molecule has 0 atom stereocenters. The molecule has 10 aromatic rings. The highest BCUT2D eigenvalue weighted by molar-refractivity contribution is 7.20. The zero-order valence-corrected chi connectivity index (χ0v) is 31.8. The number of hydrogen-bond acceptors (Lipinski definition) is 2. The first kappa shape index (κ1) is 32.6. The van der Waals surface area contributed by atoms with E-state index in [4.69, 9.17) is 0 Å². The van der Waals surface area contributed by atoms with E-state index in [1.807, 2.05) is 11.3 Å². The molecule has 10 rings (SSSR count). The Hall–Kier alpha value is -6.06. The predicted octanol–water partition coefficient (Wildman–Crippen LogP) is 16.0. The van der Waals surface area contributed by atoms with Crippen molar-refractivity contribution in [1.82, 2.24) is 0 Å². The second-order valence-electron chi connectivity index (χ2n) is 14.0. The third kappa shape index (κ3) is 4.95. The Kier molecular flexibility index (Phi) is 7.91. The van der Waals surface area contributed by atoms with Crippen LogP contribution in [0.25, 0.3) is 98.2 Å². The molecule has 0 saturated heterocycles. The molecule has 0 aliphatic carbocycles. The van der Waals surface area contributed by atoms with Crippen LogP contribution in [0, 0.1) is 6.92 Å². The van der Waals surface area contributed by atoms with Crippen molar-refractivity contribution in [2.24, 2.45) is 0 Å². The minimum Gasteiger partial charge on any atom is -0.151 e. The van der Waals surface area contributed by atoms with E-state index in [1.54, 1.807) is 11.3 Å². The highest BCUT2D eigenvalue weighted by Gasteiger charge is 2.24. The van der Waals surface area contributed by atoms with Gasteiger partial charge in [0.1, 0.15) is 0 Å². The molecule has 256 valence electrons. The summed E-state index contributed by atoms with van der Waals surface area (Å²) in [5.41, 5.74) is 12.8. The van der Waals surface area contributed by atoms with Crippen molar-refractivity contribution in [3.8, 4) is 33.4 Å². The van der Waals surface area contributed by atoms with Crippen LogP contribution < -0.4 is 0 Å². The fourth-order valence-corrected chi connectivity index (χ4v) is 10.7. The van der Waals surface area contributed by atoms with Crippen LogP contribution >= 0.6 is 22.7 Å². The minimum atomic E-state index is 1.19. The van der Waals surface area contributed by atoms with E-state index in [1.165, 1.54) is 114 Å². The molecule has 0 aliphatic heterocycles. The van der Waals surface area contributed by atoms with E-state index >= 15 is 0 Å². The molecule has 0 radical (unpaired) electrons. The van der Waals surface area contributed by atoms with Crippen LogP contribution in [0.15, 0.2) is 169 Å². The number of benzene rings is 8. The standard InChI is InChI=1S/C52H36S2/c1-4-35(50-40-23-13-15-25-42(40)51(45-31-53-30-32(45)3)43-26-16-14-24-41(43)50)52-44-28-27-34(29-47(44)54-46(52)5-2)49-38-21-11-9-19-36(38)48(33-17-7-6-8-18-33)37-20-10-12-22-39(37)49/h4-31H,2H2,1,3H3/b35-4-. The van der Waals surface area contributed by atoms with Gasteiger partial charge in [0, 0.05) is 20.5 Å². The van der Waals surface area contributed by atoms with Gasteiger partial charge >= 0.3 is 0 Å². The zero-order valence-electron chi connectivity index (χ0n) is 30.2. The van der Waals surface area contributed by atoms with Crippen molar-refractivity contribution in [3.05, 3.63) is 191 Å². The van der Waals surface area contributed by atoms with E-state index in [2.05, 4.69) is 189 Å². The lowest BCUT2D eigenvalue weighted by Gasteiger charge is -2.20. The molecule has 0 unspecified atom stereocenters. The molecule has 0 N–H and O–H groups in total. The summed E-state index contributed by atoms with van der Waals surface area (Å²) in [6.07, 6.45) is 4.37. The maximum Gasteiger partial charge on any atom is 0.0361 e. The SMILES string of the molecule is C=Cc1sc2cc(-c3c4ccccc4c(-c4ccccc4)c4ccccc34)ccc2c1/C(=C\C)c1c2ccccc2c(-c2cscc2C)c2ccccc12. The largest absolute Gasteiger partial charge is 0.151 e. The number of fused-ring (bicyclic) bond motifs is 5. The summed E-state index contributed by atoms with van der Waals surface area (Å²) in [5, 5.41) is 16.0. The summed E-state index contributed by atoms with van der Waals surface area (Å²) in [6, 6.07) is 53.7. The minimum absolute atomic E-state index is 1.19. The quantitative estimate of drug-likeness (QED) is 0.150. The second-order valence-corrected chi connectivity index (χ2v) is 15.8. The number of thiophene rings is 2. The molecule has 0 amide bonds. The Morgan fingerprint density at radius 3 is 1.50 bits per heavy atom. The smallest absolute Gasteiger partial charge is 0.0361 e. The molecule has 0 nitrogen and oxygen atoms in total. The first-order valence-corrected chi connectivity index (χ1v) is 20.2. The molecule has 2 heterocycles. The summed E-state index contributed by atoms with van der Waals surface area (Å²) < 4.78 is 1.26. The van der Waals surface area contributed by atoms with Gasteiger partial charge in [-0.25, -0.2) is 0 Å². The van der Waals surface area contributed by atoms with Crippen LogP contribution in [0.3, 0.4) is 0 Å². The first-order chi connectivity index (χ1) is 26.7. The van der Waals surface area contributed by atoms with Crippen molar-refractivity contribution in [2.45, 2.75) is 13.8 Å². The lowest BCUT2D eigenvalue weighted by molar-refractivity contribution is 1.55. The highest BCUT2D eigenvalue weighted by atomic mass is 32.1. The van der Waals surface area contributed by atoms with E-state index < -0.39 is 0 Å². The molecule has 54 heavy (non-hydrogen) atoms. The summed E-state index contributed by atoms with van der Waals surface area (Å²) in [4.78, 5) is 1.19. The molecule has 0 aliphatic rings. The van der Waals surface area contributed by atoms with Crippen LogP contribution in [0.5, 0.6) is 0 Å². The van der Waals surface area contributed by atoms with Crippen LogP contribution in [0.2, 0.25) is 0 Å². The summed E-state index contributed by atoms with van der Waals surface area (Å²) >= 11 is 3.61. The molecule has 2 heteroatoms. The van der Waals surface area contributed by atoms with Gasteiger partial charge in [-0.15, -0.1) is 11.3 Å². The van der Waals surface area contributed by atoms with Gasteiger partial charge in [0.15, 0.2) is 0 Å². The molecule has 2 aromatic heterocycles. The van der Waals surface area contributed by atoms with Gasteiger partial charge in [-0.3, -0.25) is 0 Å². The fraction of sp³-hybridized carbons (Fsp3) is 0.0385. The van der Waals surface area contributed by atoms with Crippen LogP contribution in [0.4, 0.5) is 0 Å². The predicted molar refractivity (Wildman–Crippen MR) is 240 cm³/mol. The zero-order chi connectivity index (χ0) is 36.3. The van der Waals surface area contributed by atoms with Gasteiger partial charge in [0.05, 0.1) is 0 Å². The molecule has 0 spiro atoms. The van der Waals surface area contributed by atoms with Gasteiger partial charge in [-0.2, -0.15) is 11.3 Å². The Labute approximate surface area is 323 Å². The molecular formula is C52H36S2. The summed E-state index contributed by atoms with van der Waals surface area (Å²) in [5.74, 6) is 0. The molecular weight excluding hydrogens is 689 g/mol. The number of rotatable bonds is 6. The first-order valence-electron chi connectivity index (χ1n) is 18.5. The van der Waals surface area contributed by atoms with Crippen molar-refractivity contribution < 1.29 is 0 Å². The van der Waals surface area contributed by atoms with E-state index in [0.717, 1.165) is 0 Å². The highest BCUT2D eigenvalue weighted by Crippen LogP contribution is 2.49. The summed E-state index contributed by atoms with van der Waals surface area (Å²) in [7, 11) is 0. The second kappa shape index (κ2) is 13.1. The lowest BCUT2D eigenvalue weighted by atomic mass is 9.83. The third-order valence-corrected chi connectivity index (χ3v) is 13.1. The third-order valence-electron chi connectivity index (χ3n) is 11.1. The van der Waals surface area contributed by atoms with E-state index in [0.29, 0.717) is 0 Å². The molecule has 0 saturated carbocycles. The maximum absolute atomic E-state index is 4.36. The average molecular weight is 725 g/mol. The fourth-order valence-electron chi connectivity index (χ4n) is 8.79. The lowest BCUT2D eigenvalue weighted by Crippen LogP contribution is -1.96. The normalized spacial score (nSPS) is 12.1. The number of hydrogen-bond donors (Lipinski definition) is 0. The molecule has 0 bridgehead atoms. The Balaban J connectivity index is 1.22. The van der Waals surface area contributed by atoms with Gasteiger partial charge in [-0.1, -0.05) is 158 Å². The maximum atomic E-state index is 4.36.